The van der Waals surface area contributed by atoms with Gasteiger partial charge >= 0.3 is 5.97 Å². The zero-order chi connectivity index (χ0) is 19.7. The monoisotopic (exact) mass is 380 g/mol. The van der Waals surface area contributed by atoms with Crippen molar-refractivity contribution in [3.63, 3.8) is 0 Å². The molecule has 4 rings (SSSR count). The van der Waals surface area contributed by atoms with E-state index in [1.807, 2.05) is 24.3 Å². The fourth-order valence-electron chi connectivity index (χ4n) is 3.93. The van der Waals surface area contributed by atoms with Gasteiger partial charge in [-0.15, -0.1) is 0 Å². The number of hydrogen-bond acceptors (Lipinski definition) is 4. The molecule has 0 bridgehead atoms. The number of carbonyl (C=O) groups is 2. The van der Waals surface area contributed by atoms with Crippen molar-refractivity contribution in [2.24, 2.45) is 5.92 Å². The minimum atomic E-state index is -0.897. The smallest absolute Gasteiger partial charge is 0.335 e. The Kier molecular flexibility index (Phi) is 4.94. The maximum absolute atomic E-state index is 11.8. The molecule has 2 aliphatic heterocycles. The van der Waals surface area contributed by atoms with Gasteiger partial charge in [0.25, 0.3) is 5.91 Å². The highest BCUT2D eigenvalue weighted by Crippen LogP contribution is 2.32. The normalized spacial score (nSPS) is 19.5. The summed E-state index contributed by atoms with van der Waals surface area (Å²) in [6.07, 6.45) is 2.69. The second-order valence-corrected chi connectivity index (χ2v) is 7.57. The third-order valence-electron chi connectivity index (χ3n) is 5.59. The fraction of sp³-hybridized carbons (Fsp3) is 0.364. The third kappa shape index (κ3) is 3.81. The summed E-state index contributed by atoms with van der Waals surface area (Å²) in [4.78, 5) is 25.1. The molecule has 2 aliphatic rings. The van der Waals surface area contributed by atoms with Gasteiger partial charge in [0.2, 0.25) is 0 Å². The summed E-state index contributed by atoms with van der Waals surface area (Å²) in [5.41, 5.74) is 3.36. The zero-order valence-corrected chi connectivity index (χ0v) is 15.9. The quantitative estimate of drug-likeness (QED) is 0.848. The van der Waals surface area contributed by atoms with Crippen molar-refractivity contribution in [1.82, 2.24) is 0 Å². The summed E-state index contributed by atoms with van der Waals surface area (Å²) in [7, 11) is 0. The highest BCUT2D eigenvalue weighted by atomic mass is 16.5. The summed E-state index contributed by atoms with van der Waals surface area (Å²) in [6.45, 7) is 3.66. The lowest BCUT2D eigenvalue weighted by Gasteiger charge is -2.34. The zero-order valence-electron chi connectivity index (χ0n) is 15.9. The molecule has 2 aromatic rings. The van der Waals surface area contributed by atoms with Gasteiger partial charge in [0.15, 0.2) is 6.10 Å². The molecular weight excluding hydrogens is 356 g/mol. The van der Waals surface area contributed by atoms with Gasteiger partial charge in [-0.05, 0) is 74.1 Å². The van der Waals surface area contributed by atoms with Crippen LogP contribution in [-0.4, -0.2) is 36.2 Å². The van der Waals surface area contributed by atoms with Crippen molar-refractivity contribution in [3.8, 4) is 5.75 Å². The molecule has 6 heteroatoms. The van der Waals surface area contributed by atoms with Crippen LogP contribution in [0.4, 0.5) is 11.4 Å². The summed E-state index contributed by atoms with van der Waals surface area (Å²) >= 11 is 0. The van der Waals surface area contributed by atoms with Crippen LogP contribution in [-0.2, 0) is 11.2 Å². The minimum absolute atomic E-state index is 0.105. The van der Waals surface area contributed by atoms with Crippen LogP contribution >= 0.6 is 0 Å². The van der Waals surface area contributed by atoms with Gasteiger partial charge in [0.05, 0.1) is 11.3 Å². The molecule has 1 amide bonds. The van der Waals surface area contributed by atoms with Gasteiger partial charge < -0.3 is 20.1 Å². The molecule has 1 saturated heterocycles. The van der Waals surface area contributed by atoms with E-state index in [1.165, 1.54) is 5.56 Å². The molecule has 0 aliphatic carbocycles. The first-order valence-corrected chi connectivity index (χ1v) is 9.68. The number of aromatic carboxylic acids is 1. The molecule has 1 fully saturated rings. The van der Waals surface area contributed by atoms with Crippen LogP contribution in [0, 0.1) is 5.92 Å². The Balaban J connectivity index is 1.35. The van der Waals surface area contributed by atoms with E-state index >= 15 is 0 Å². The molecule has 1 atom stereocenters. The van der Waals surface area contributed by atoms with E-state index in [2.05, 4.69) is 16.3 Å². The van der Waals surface area contributed by atoms with E-state index in [-0.39, 0.29) is 5.91 Å². The molecule has 1 unspecified atom stereocenters. The molecule has 2 heterocycles. The molecule has 0 radical (unpaired) electrons. The number of carbonyl (C=O) groups excluding carboxylic acids is 1. The second-order valence-electron chi connectivity index (χ2n) is 7.57. The minimum Gasteiger partial charge on any atom is -0.479 e. The second kappa shape index (κ2) is 7.54. The average molecular weight is 380 g/mol. The van der Waals surface area contributed by atoms with E-state index in [4.69, 9.17) is 9.84 Å². The lowest BCUT2D eigenvalue weighted by molar-refractivity contribution is -0.122. The molecule has 0 spiro atoms. The van der Waals surface area contributed by atoms with Crippen molar-refractivity contribution in [1.29, 1.82) is 0 Å². The van der Waals surface area contributed by atoms with E-state index in [0.717, 1.165) is 49.5 Å². The molecule has 28 heavy (non-hydrogen) atoms. The number of nitrogens with one attached hydrogen (secondary N) is 1. The van der Waals surface area contributed by atoms with Gasteiger partial charge in [-0.25, -0.2) is 4.79 Å². The van der Waals surface area contributed by atoms with Crippen LogP contribution < -0.4 is 15.0 Å². The number of piperidine rings is 1. The number of nitrogens with zero attached hydrogens (tertiary/aromatic N) is 1. The topological polar surface area (TPSA) is 78.9 Å². The van der Waals surface area contributed by atoms with E-state index in [9.17, 15) is 9.59 Å². The Morgan fingerprint density at radius 2 is 1.89 bits per heavy atom. The van der Waals surface area contributed by atoms with E-state index in [1.54, 1.807) is 19.1 Å². The van der Waals surface area contributed by atoms with Crippen LogP contribution in [0.5, 0.6) is 5.75 Å². The van der Waals surface area contributed by atoms with Crippen molar-refractivity contribution < 1.29 is 19.4 Å². The molecule has 0 saturated carbocycles. The average Bonchev–Trinajstić information content (AvgIpc) is 2.70. The number of anilines is 2. The van der Waals surface area contributed by atoms with Gasteiger partial charge in [0, 0.05) is 18.8 Å². The molecule has 2 N–H and O–H groups in total. The first-order valence-electron chi connectivity index (χ1n) is 9.68. The predicted molar refractivity (Wildman–Crippen MR) is 107 cm³/mol. The maximum atomic E-state index is 11.8. The summed E-state index contributed by atoms with van der Waals surface area (Å²) in [5, 5.41) is 11.9. The van der Waals surface area contributed by atoms with Gasteiger partial charge in [-0.1, -0.05) is 6.07 Å². The number of benzene rings is 2. The standard InChI is InChI=1S/C22H24N2O4/c1-14-21(25)23-19-13-16(2-7-20(19)28-14)12-15-8-10-24(11-9-15)18-5-3-17(4-6-18)22(26)27/h2-7,13-15H,8-12H2,1H3,(H,23,25)(H,26,27). The third-order valence-corrected chi connectivity index (χ3v) is 5.59. The van der Waals surface area contributed by atoms with Crippen molar-refractivity contribution in [3.05, 3.63) is 53.6 Å². The first kappa shape index (κ1) is 18.3. The number of fused-ring (bicyclic) bond motifs is 1. The van der Waals surface area contributed by atoms with Gasteiger partial charge in [-0.2, -0.15) is 0 Å². The van der Waals surface area contributed by atoms with Gasteiger partial charge in [0.1, 0.15) is 5.75 Å². The number of ether oxygens (including phenoxy) is 1. The SMILES string of the molecule is CC1Oc2ccc(CC3CCN(c4ccc(C(=O)O)cc4)CC3)cc2NC1=O. The number of rotatable bonds is 4. The van der Waals surface area contributed by atoms with Gasteiger partial charge in [-0.3, -0.25) is 4.79 Å². The van der Waals surface area contributed by atoms with Crippen molar-refractivity contribution in [2.75, 3.05) is 23.3 Å². The van der Waals surface area contributed by atoms with Crippen LogP contribution in [0.3, 0.4) is 0 Å². The number of carboxylic acids is 1. The fourth-order valence-corrected chi connectivity index (χ4v) is 3.93. The number of amides is 1. The Morgan fingerprint density at radius 3 is 2.57 bits per heavy atom. The molecule has 0 aromatic heterocycles. The van der Waals surface area contributed by atoms with E-state index < -0.39 is 12.1 Å². The number of hydrogen-bond donors (Lipinski definition) is 2. The Morgan fingerprint density at radius 1 is 1.18 bits per heavy atom. The maximum Gasteiger partial charge on any atom is 0.335 e. The van der Waals surface area contributed by atoms with Crippen molar-refractivity contribution in [2.45, 2.75) is 32.3 Å². The van der Waals surface area contributed by atoms with E-state index in [0.29, 0.717) is 11.5 Å². The van der Waals surface area contributed by atoms with Crippen LogP contribution in [0.15, 0.2) is 42.5 Å². The summed E-state index contributed by atoms with van der Waals surface area (Å²) in [5.74, 6) is 0.320. The lowest BCUT2D eigenvalue weighted by atomic mass is 9.89. The van der Waals surface area contributed by atoms with Crippen molar-refractivity contribution >= 4 is 23.3 Å². The number of carboxylic acid groups (broad SMARTS) is 1. The predicted octanol–water partition coefficient (Wildman–Crippen LogP) is 3.56. The molecule has 6 nitrogen and oxygen atoms in total. The highest BCUT2D eigenvalue weighted by molar-refractivity contribution is 5.97. The Labute approximate surface area is 164 Å². The Bertz CT molecular complexity index is 886. The molecular formula is C22H24N2O4. The largest absolute Gasteiger partial charge is 0.479 e. The molecule has 2 aromatic carbocycles. The Hall–Kier alpha value is -3.02. The van der Waals surface area contributed by atoms with Crippen LogP contribution in [0.25, 0.3) is 0 Å². The lowest BCUT2D eigenvalue weighted by Crippen LogP contribution is -2.35. The first-order chi connectivity index (χ1) is 13.5. The molecule has 146 valence electrons. The van der Waals surface area contributed by atoms with Crippen LogP contribution in [0.1, 0.15) is 35.7 Å². The summed E-state index contributed by atoms with van der Waals surface area (Å²) in [6, 6.07) is 13.1. The highest BCUT2D eigenvalue weighted by Gasteiger charge is 2.25. The van der Waals surface area contributed by atoms with Crippen LogP contribution in [0.2, 0.25) is 0 Å². The summed E-state index contributed by atoms with van der Waals surface area (Å²) < 4.78 is 5.62.